The summed E-state index contributed by atoms with van der Waals surface area (Å²) in [6, 6.07) is 9.87. The van der Waals surface area contributed by atoms with E-state index in [2.05, 4.69) is 4.98 Å². The summed E-state index contributed by atoms with van der Waals surface area (Å²) in [6.07, 6.45) is 3.79. The third kappa shape index (κ3) is 4.49. The van der Waals surface area contributed by atoms with E-state index in [-0.39, 0.29) is 18.2 Å². The van der Waals surface area contributed by atoms with Gasteiger partial charge in [0.05, 0.1) is 10.6 Å². The molecule has 0 atom stereocenters. The number of aryl methyl sites for hydroxylation is 1. The van der Waals surface area contributed by atoms with Crippen LogP contribution in [0.25, 0.3) is 0 Å². The molecule has 0 radical (unpaired) electrons. The molecule has 3 nitrogen and oxygen atoms in total. The van der Waals surface area contributed by atoms with Gasteiger partial charge in [0.2, 0.25) is 0 Å². The van der Waals surface area contributed by atoms with Crippen LogP contribution >= 0.6 is 24.0 Å². The van der Waals surface area contributed by atoms with Crippen LogP contribution in [0.3, 0.4) is 0 Å². The van der Waals surface area contributed by atoms with E-state index in [0.717, 1.165) is 5.56 Å². The number of benzene rings is 1. The third-order valence-electron chi connectivity index (χ3n) is 2.58. The molecule has 0 saturated carbocycles. The Hall–Kier alpha value is -1.10. The lowest BCUT2D eigenvalue weighted by Gasteiger charge is -2.04. The number of hydrogen-bond donors (Lipinski definition) is 0. The average molecular weight is 318 g/mol. The molecular formula is C13H13Cl2NO2S. The number of sulfone groups is 1. The van der Waals surface area contributed by atoms with Crippen LogP contribution in [0.2, 0.25) is 5.02 Å². The first-order chi connectivity index (χ1) is 8.58. The van der Waals surface area contributed by atoms with Gasteiger partial charge < -0.3 is 0 Å². The lowest BCUT2D eigenvalue weighted by atomic mass is 10.2. The quantitative estimate of drug-likeness (QED) is 0.870. The van der Waals surface area contributed by atoms with Crippen molar-refractivity contribution < 1.29 is 8.42 Å². The van der Waals surface area contributed by atoms with Gasteiger partial charge in [-0.3, -0.25) is 4.98 Å². The maximum Gasteiger partial charge on any atom is 0.178 e. The highest BCUT2D eigenvalue weighted by Crippen LogP contribution is 2.16. The van der Waals surface area contributed by atoms with Crippen LogP contribution < -0.4 is 0 Å². The number of hydrogen-bond acceptors (Lipinski definition) is 3. The second-order valence-corrected chi connectivity index (χ2v) is 6.42. The van der Waals surface area contributed by atoms with Crippen molar-refractivity contribution in [1.82, 2.24) is 4.98 Å². The maximum atomic E-state index is 12.1. The van der Waals surface area contributed by atoms with Crippen molar-refractivity contribution in [2.24, 2.45) is 0 Å². The van der Waals surface area contributed by atoms with Gasteiger partial charge >= 0.3 is 0 Å². The summed E-state index contributed by atoms with van der Waals surface area (Å²) >= 11 is 5.73. The zero-order valence-corrected chi connectivity index (χ0v) is 12.4. The first kappa shape index (κ1) is 16.0. The maximum absolute atomic E-state index is 12.1. The molecule has 0 N–H and O–H groups in total. The Morgan fingerprint density at radius 2 is 1.58 bits per heavy atom. The van der Waals surface area contributed by atoms with Crippen LogP contribution in [0.4, 0.5) is 0 Å². The number of nitrogens with zero attached hydrogens (tertiary/aromatic N) is 1. The van der Waals surface area contributed by atoms with Crippen molar-refractivity contribution in [3.8, 4) is 0 Å². The zero-order valence-electron chi connectivity index (χ0n) is 9.99. The molecule has 1 heterocycles. The molecular weight excluding hydrogens is 305 g/mol. The fraction of sp³-hybridized carbons (Fsp3) is 0.154. The largest absolute Gasteiger partial charge is 0.265 e. The first-order valence-corrected chi connectivity index (χ1v) is 7.48. The summed E-state index contributed by atoms with van der Waals surface area (Å²) in [5, 5.41) is 0.531. The summed E-state index contributed by atoms with van der Waals surface area (Å²) in [6.45, 7) is 0. The fourth-order valence-electron chi connectivity index (χ4n) is 1.56. The van der Waals surface area contributed by atoms with Crippen LogP contribution in [-0.2, 0) is 16.3 Å². The minimum Gasteiger partial charge on any atom is -0.265 e. The zero-order chi connectivity index (χ0) is 13.0. The Morgan fingerprint density at radius 1 is 1.00 bits per heavy atom. The van der Waals surface area contributed by atoms with Crippen molar-refractivity contribution in [2.75, 3.05) is 5.75 Å². The highest BCUT2D eigenvalue weighted by atomic mass is 35.5. The van der Waals surface area contributed by atoms with Crippen LogP contribution in [0, 0.1) is 0 Å². The van der Waals surface area contributed by atoms with E-state index in [1.807, 2.05) is 12.1 Å². The summed E-state index contributed by atoms with van der Waals surface area (Å²) in [4.78, 5) is 4.20. The molecule has 0 aliphatic heterocycles. The van der Waals surface area contributed by atoms with Crippen LogP contribution in [0.15, 0.2) is 53.7 Å². The van der Waals surface area contributed by atoms with Crippen molar-refractivity contribution in [2.45, 2.75) is 11.3 Å². The molecule has 2 rings (SSSR count). The Bertz CT molecular complexity index is 613. The van der Waals surface area contributed by atoms with E-state index in [0.29, 0.717) is 16.3 Å². The molecule has 0 aliphatic rings. The number of rotatable bonds is 4. The molecule has 0 amide bonds. The average Bonchev–Trinajstić information content (AvgIpc) is 2.38. The predicted octanol–water partition coefficient (Wildman–Crippen LogP) is 3.17. The molecule has 1 aromatic carbocycles. The minimum absolute atomic E-state index is 0. The van der Waals surface area contributed by atoms with E-state index >= 15 is 0 Å². The molecule has 19 heavy (non-hydrogen) atoms. The molecule has 0 spiro atoms. The summed E-state index contributed by atoms with van der Waals surface area (Å²) in [5.74, 6) is 0.0820. The van der Waals surface area contributed by atoms with Crippen LogP contribution in [0.5, 0.6) is 0 Å². The van der Waals surface area contributed by atoms with Gasteiger partial charge in [0.15, 0.2) is 9.84 Å². The third-order valence-corrected chi connectivity index (χ3v) is 4.57. The molecule has 1 aromatic heterocycles. The van der Waals surface area contributed by atoms with Gasteiger partial charge in [-0.2, -0.15) is 0 Å². The monoisotopic (exact) mass is 317 g/mol. The highest BCUT2D eigenvalue weighted by Gasteiger charge is 2.13. The Kier molecular flexibility index (Phi) is 5.79. The fourth-order valence-corrected chi connectivity index (χ4v) is 2.98. The molecule has 0 aliphatic carbocycles. The molecule has 0 bridgehead atoms. The van der Waals surface area contributed by atoms with Gasteiger partial charge in [-0.05, 0) is 48.4 Å². The summed E-state index contributed by atoms with van der Waals surface area (Å²) in [5.41, 5.74) is 0.961. The Balaban J connectivity index is 0.00000180. The van der Waals surface area contributed by atoms with E-state index in [4.69, 9.17) is 11.6 Å². The van der Waals surface area contributed by atoms with E-state index in [9.17, 15) is 8.42 Å². The van der Waals surface area contributed by atoms with E-state index < -0.39 is 9.84 Å². The molecule has 6 heteroatoms. The molecule has 2 aromatic rings. The van der Waals surface area contributed by atoms with Crippen molar-refractivity contribution in [1.29, 1.82) is 0 Å². The van der Waals surface area contributed by atoms with Gasteiger partial charge in [0, 0.05) is 17.4 Å². The van der Waals surface area contributed by atoms with Gasteiger partial charge in [0.1, 0.15) is 0 Å². The van der Waals surface area contributed by atoms with E-state index in [1.165, 1.54) is 12.1 Å². The standard InChI is InChI=1S/C13H12ClNO2S.ClH/c14-12-1-3-13(4-2-12)18(16,17)10-7-11-5-8-15-9-6-11;/h1-6,8-9H,7,10H2;1H. The van der Waals surface area contributed by atoms with Gasteiger partial charge in [-0.15, -0.1) is 12.4 Å². The summed E-state index contributed by atoms with van der Waals surface area (Å²) < 4.78 is 24.1. The van der Waals surface area contributed by atoms with Crippen LogP contribution in [-0.4, -0.2) is 19.2 Å². The minimum atomic E-state index is -3.25. The Morgan fingerprint density at radius 3 is 2.16 bits per heavy atom. The predicted molar refractivity (Wildman–Crippen MR) is 78.7 cm³/mol. The van der Waals surface area contributed by atoms with Gasteiger partial charge in [-0.1, -0.05) is 11.6 Å². The second kappa shape index (κ2) is 6.89. The van der Waals surface area contributed by atoms with Gasteiger partial charge in [0.25, 0.3) is 0 Å². The highest BCUT2D eigenvalue weighted by molar-refractivity contribution is 7.91. The number of aromatic nitrogens is 1. The molecule has 0 saturated heterocycles. The van der Waals surface area contributed by atoms with E-state index in [1.54, 1.807) is 24.5 Å². The van der Waals surface area contributed by atoms with Crippen molar-refractivity contribution >= 4 is 33.8 Å². The Labute approximate surface area is 124 Å². The van der Waals surface area contributed by atoms with Gasteiger partial charge in [-0.25, -0.2) is 8.42 Å². The molecule has 0 unspecified atom stereocenters. The lowest BCUT2D eigenvalue weighted by Crippen LogP contribution is -2.09. The second-order valence-electron chi connectivity index (χ2n) is 3.88. The van der Waals surface area contributed by atoms with Crippen LogP contribution in [0.1, 0.15) is 5.56 Å². The van der Waals surface area contributed by atoms with Crippen molar-refractivity contribution in [3.63, 3.8) is 0 Å². The van der Waals surface area contributed by atoms with Crippen molar-refractivity contribution in [3.05, 3.63) is 59.4 Å². The number of pyridine rings is 1. The first-order valence-electron chi connectivity index (χ1n) is 5.45. The normalized spacial score (nSPS) is 10.8. The molecule has 0 fully saturated rings. The molecule has 102 valence electrons. The summed E-state index contributed by atoms with van der Waals surface area (Å²) in [7, 11) is -3.25. The smallest absolute Gasteiger partial charge is 0.178 e. The lowest BCUT2D eigenvalue weighted by molar-refractivity contribution is 0.595. The number of halogens is 2. The SMILES string of the molecule is Cl.O=S(=O)(CCc1ccncc1)c1ccc(Cl)cc1. The topological polar surface area (TPSA) is 47.0 Å².